The quantitative estimate of drug-likeness (QED) is 0.280. The molecule has 0 bridgehead atoms. The van der Waals surface area contributed by atoms with Gasteiger partial charge in [-0.3, -0.25) is 4.98 Å². The zero-order chi connectivity index (χ0) is 20.8. The number of aryl methyl sites for hydroxylation is 4. The number of pyridine rings is 1. The van der Waals surface area contributed by atoms with Crippen molar-refractivity contribution >= 4 is 21.5 Å². The third-order valence-electron chi connectivity index (χ3n) is 6.42. The fourth-order valence-electron chi connectivity index (χ4n) is 4.44. The van der Waals surface area contributed by atoms with Crippen LogP contribution in [0.15, 0.2) is 79.1 Å². The highest BCUT2D eigenvalue weighted by Gasteiger charge is 2.17. The van der Waals surface area contributed by atoms with Gasteiger partial charge in [-0.2, -0.15) is 0 Å². The number of nitrogens with zero attached hydrogens (tertiary/aromatic N) is 1. The van der Waals surface area contributed by atoms with Gasteiger partial charge in [0.05, 0.1) is 0 Å². The molecule has 0 saturated carbocycles. The van der Waals surface area contributed by atoms with Crippen LogP contribution in [0.4, 0.5) is 0 Å². The van der Waals surface area contributed by atoms with Crippen molar-refractivity contribution in [3.05, 3.63) is 101 Å². The topological polar surface area (TPSA) is 12.9 Å². The largest absolute Gasteiger partial charge is 0.264 e. The molecule has 5 rings (SSSR count). The Kier molecular flexibility index (Phi) is 4.40. The van der Waals surface area contributed by atoms with E-state index in [0.29, 0.717) is 0 Å². The average Bonchev–Trinajstić information content (AvgIpc) is 2.76. The molecule has 0 aliphatic carbocycles. The van der Waals surface area contributed by atoms with E-state index in [2.05, 4.69) is 99.4 Å². The fourth-order valence-corrected chi connectivity index (χ4v) is 4.44. The molecule has 146 valence electrons. The summed E-state index contributed by atoms with van der Waals surface area (Å²) in [6.45, 7) is 8.71. The van der Waals surface area contributed by atoms with Gasteiger partial charge in [-0.1, -0.05) is 60.7 Å². The van der Waals surface area contributed by atoms with Gasteiger partial charge in [-0.25, -0.2) is 0 Å². The highest BCUT2D eigenvalue weighted by Crippen LogP contribution is 2.43. The van der Waals surface area contributed by atoms with Crippen LogP contribution in [-0.2, 0) is 0 Å². The maximum absolute atomic E-state index is 4.51. The van der Waals surface area contributed by atoms with Gasteiger partial charge < -0.3 is 0 Å². The summed E-state index contributed by atoms with van der Waals surface area (Å²) in [6, 6.07) is 24.5. The Labute approximate surface area is 178 Å². The number of benzene rings is 4. The summed E-state index contributed by atoms with van der Waals surface area (Å²) in [5, 5.41) is 5.01. The van der Waals surface area contributed by atoms with Gasteiger partial charge in [0, 0.05) is 17.8 Å². The zero-order valence-corrected chi connectivity index (χ0v) is 18.0. The number of hydrogen-bond donors (Lipinski definition) is 0. The van der Waals surface area contributed by atoms with Crippen molar-refractivity contribution in [3.8, 4) is 22.3 Å². The first-order valence-electron chi connectivity index (χ1n) is 10.5. The molecule has 1 nitrogen and oxygen atoms in total. The van der Waals surface area contributed by atoms with E-state index in [0.717, 1.165) is 0 Å². The van der Waals surface area contributed by atoms with Crippen LogP contribution < -0.4 is 0 Å². The molecule has 0 fully saturated rings. The molecule has 1 heteroatoms. The van der Waals surface area contributed by atoms with Crippen LogP contribution in [0.1, 0.15) is 22.3 Å². The summed E-state index contributed by atoms with van der Waals surface area (Å²) in [6.07, 6.45) is 3.93. The summed E-state index contributed by atoms with van der Waals surface area (Å²) in [5.41, 5.74) is 10.3. The van der Waals surface area contributed by atoms with Gasteiger partial charge in [0.15, 0.2) is 0 Å². The molecular weight excluding hydrogens is 362 g/mol. The van der Waals surface area contributed by atoms with Crippen LogP contribution in [0.25, 0.3) is 43.8 Å². The number of rotatable bonds is 2. The Hall–Kier alpha value is -3.45. The van der Waals surface area contributed by atoms with E-state index in [-0.39, 0.29) is 0 Å². The molecule has 0 aliphatic rings. The Morgan fingerprint density at radius 2 is 1.00 bits per heavy atom. The molecule has 0 atom stereocenters. The summed E-state index contributed by atoms with van der Waals surface area (Å²) >= 11 is 0. The first kappa shape index (κ1) is 18.6. The lowest BCUT2D eigenvalue weighted by atomic mass is 9.85. The molecule has 1 aromatic heterocycles. The summed E-state index contributed by atoms with van der Waals surface area (Å²) in [4.78, 5) is 4.51. The zero-order valence-electron chi connectivity index (χ0n) is 18.0. The van der Waals surface area contributed by atoms with Gasteiger partial charge in [0.2, 0.25) is 0 Å². The Balaban J connectivity index is 1.96. The molecule has 0 unspecified atom stereocenters. The summed E-state index contributed by atoms with van der Waals surface area (Å²) < 4.78 is 0. The van der Waals surface area contributed by atoms with E-state index in [1.807, 2.05) is 12.4 Å². The fraction of sp³-hybridized carbons (Fsp3) is 0.138. The molecule has 0 aliphatic heterocycles. The van der Waals surface area contributed by atoms with Crippen molar-refractivity contribution in [2.75, 3.05) is 0 Å². The van der Waals surface area contributed by atoms with Gasteiger partial charge in [0.25, 0.3) is 0 Å². The minimum Gasteiger partial charge on any atom is -0.264 e. The smallest absolute Gasteiger partial charge is 0.0353 e. The van der Waals surface area contributed by atoms with E-state index in [4.69, 9.17) is 0 Å². The molecule has 0 saturated heterocycles. The molecule has 30 heavy (non-hydrogen) atoms. The highest BCUT2D eigenvalue weighted by atomic mass is 14.6. The summed E-state index contributed by atoms with van der Waals surface area (Å²) in [7, 11) is 0. The first-order chi connectivity index (χ1) is 14.5. The van der Waals surface area contributed by atoms with Crippen LogP contribution in [-0.4, -0.2) is 4.98 Å². The Morgan fingerprint density at radius 1 is 0.500 bits per heavy atom. The molecule has 5 aromatic rings. The van der Waals surface area contributed by atoms with Crippen LogP contribution in [0, 0.1) is 27.7 Å². The van der Waals surface area contributed by atoms with Gasteiger partial charge >= 0.3 is 0 Å². The van der Waals surface area contributed by atoms with Crippen molar-refractivity contribution in [3.63, 3.8) is 0 Å². The number of aromatic nitrogens is 1. The molecule has 0 amide bonds. The molecular formula is C29H25N. The van der Waals surface area contributed by atoms with E-state index in [1.165, 1.54) is 66.1 Å². The maximum Gasteiger partial charge on any atom is 0.0353 e. The van der Waals surface area contributed by atoms with Crippen molar-refractivity contribution in [2.24, 2.45) is 0 Å². The minimum atomic E-state index is 1.20. The molecule has 0 spiro atoms. The van der Waals surface area contributed by atoms with Crippen LogP contribution in [0.5, 0.6) is 0 Å². The lowest BCUT2D eigenvalue weighted by Gasteiger charge is -2.18. The predicted molar refractivity (Wildman–Crippen MR) is 129 cm³/mol. The second kappa shape index (κ2) is 7.11. The first-order valence-corrected chi connectivity index (χ1v) is 10.5. The van der Waals surface area contributed by atoms with Gasteiger partial charge in [-0.15, -0.1) is 0 Å². The van der Waals surface area contributed by atoms with Crippen molar-refractivity contribution in [2.45, 2.75) is 27.7 Å². The number of fused-ring (bicyclic) bond motifs is 2. The normalized spacial score (nSPS) is 11.3. The third kappa shape index (κ3) is 2.90. The average molecular weight is 388 g/mol. The summed E-state index contributed by atoms with van der Waals surface area (Å²) in [5.74, 6) is 0. The second-order valence-electron chi connectivity index (χ2n) is 8.31. The SMILES string of the molecule is Cc1ccc(-c2c3ccccc3c(-c3ccc(C)c(C)c3)c3cnccc23)cc1C. The Morgan fingerprint density at radius 3 is 1.53 bits per heavy atom. The van der Waals surface area contributed by atoms with Gasteiger partial charge in [0.1, 0.15) is 0 Å². The lowest BCUT2D eigenvalue weighted by Crippen LogP contribution is -1.93. The van der Waals surface area contributed by atoms with E-state index in [9.17, 15) is 0 Å². The predicted octanol–water partition coefficient (Wildman–Crippen LogP) is 7.96. The van der Waals surface area contributed by atoms with Crippen molar-refractivity contribution in [1.29, 1.82) is 0 Å². The highest BCUT2D eigenvalue weighted by molar-refractivity contribution is 6.21. The minimum absolute atomic E-state index is 1.20. The van der Waals surface area contributed by atoms with E-state index < -0.39 is 0 Å². The second-order valence-corrected chi connectivity index (χ2v) is 8.31. The third-order valence-corrected chi connectivity index (χ3v) is 6.42. The van der Waals surface area contributed by atoms with Crippen molar-refractivity contribution in [1.82, 2.24) is 4.98 Å². The van der Waals surface area contributed by atoms with E-state index >= 15 is 0 Å². The standard InChI is InChI=1S/C29H25N/c1-18-9-11-22(15-20(18)3)28-24-7-5-6-8-25(24)29(27-17-30-14-13-26(27)28)23-12-10-19(2)21(4)16-23/h5-17H,1-4H3. The maximum atomic E-state index is 4.51. The monoisotopic (exact) mass is 387 g/mol. The van der Waals surface area contributed by atoms with Crippen LogP contribution in [0.2, 0.25) is 0 Å². The Bertz CT molecular complexity index is 1260. The molecule has 1 heterocycles. The molecule has 0 N–H and O–H groups in total. The van der Waals surface area contributed by atoms with Crippen molar-refractivity contribution < 1.29 is 0 Å². The number of hydrogen-bond acceptors (Lipinski definition) is 1. The van der Waals surface area contributed by atoms with Crippen LogP contribution in [0.3, 0.4) is 0 Å². The van der Waals surface area contributed by atoms with Gasteiger partial charge in [-0.05, 0) is 94.4 Å². The lowest BCUT2D eigenvalue weighted by molar-refractivity contribution is 1.34. The molecule has 4 aromatic carbocycles. The molecule has 0 radical (unpaired) electrons. The van der Waals surface area contributed by atoms with Crippen LogP contribution >= 0.6 is 0 Å². The van der Waals surface area contributed by atoms with E-state index in [1.54, 1.807) is 0 Å².